The van der Waals surface area contributed by atoms with Crippen molar-refractivity contribution in [2.45, 2.75) is 6.04 Å². The van der Waals surface area contributed by atoms with Gasteiger partial charge in [-0.1, -0.05) is 12.1 Å². The van der Waals surface area contributed by atoms with Crippen molar-refractivity contribution in [3.05, 3.63) is 78.4 Å². The van der Waals surface area contributed by atoms with Crippen LogP contribution in [0.3, 0.4) is 0 Å². The maximum absolute atomic E-state index is 13.2. The van der Waals surface area contributed by atoms with Crippen molar-refractivity contribution < 1.29 is 9.53 Å². The first kappa shape index (κ1) is 18.9. The molecule has 3 atom stereocenters. The van der Waals surface area contributed by atoms with E-state index in [0.717, 1.165) is 36.6 Å². The number of methoxy groups -OCH3 is 1. The number of aromatic nitrogens is 2. The van der Waals surface area contributed by atoms with E-state index in [0.29, 0.717) is 17.9 Å². The van der Waals surface area contributed by atoms with E-state index in [2.05, 4.69) is 29.1 Å². The normalized spacial score (nSPS) is 23.5. The fourth-order valence-electron chi connectivity index (χ4n) is 5.10. The quantitative estimate of drug-likeness (QED) is 0.672. The zero-order chi connectivity index (χ0) is 20.7. The highest BCUT2D eigenvalue weighted by molar-refractivity contribution is 5.94. The highest BCUT2D eigenvalue weighted by Crippen LogP contribution is 2.44. The number of rotatable bonds is 4. The summed E-state index contributed by atoms with van der Waals surface area (Å²) in [5.41, 5.74) is 3.04. The molecule has 1 amide bonds. The number of carbonyl (C=O) groups is 1. The van der Waals surface area contributed by atoms with E-state index in [1.807, 2.05) is 52.1 Å². The zero-order valence-electron chi connectivity index (χ0n) is 17.3. The lowest BCUT2D eigenvalue weighted by Gasteiger charge is -2.27. The van der Waals surface area contributed by atoms with Crippen LogP contribution < -0.4 is 4.74 Å². The number of nitrogens with zero attached hydrogens (tertiary/aromatic N) is 4. The predicted molar refractivity (Wildman–Crippen MR) is 115 cm³/mol. The number of carbonyl (C=O) groups excluding carboxylic acids is 1. The van der Waals surface area contributed by atoms with Gasteiger partial charge in [-0.05, 0) is 54.9 Å². The van der Waals surface area contributed by atoms with Gasteiger partial charge in [-0.25, -0.2) is 4.98 Å². The zero-order valence-corrected chi connectivity index (χ0v) is 17.3. The lowest BCUT2D eigenvalue weighted by molar-refractivity contribution is 0.0768. The van der Waals surface area contributed by atoms with Crippen LogP contribution in [-0.2, 0) is 0 Å². The Morgan fingerprint density at radius 1 is 1.03 bits per heavy atom. The van der Waals surface area contributed by atoms with Gasteiger partial charge in [-0.15, -0.1) is 0 Å². The van der Waals surface area contributed by atoms with E-state index >= 15 is 0 Å². The second kappa shape index (κ2) is 7.61. The summed E-state index contributed by atoms with van der Waals surface area (Å²) in [7, 11) is 3.88. The highest BCUT2D eigenvalue weighted by Gasteiger charge is 2.47. The Morgan fingerprint density at radius 3 is 2.47 bits per heavy atom. The SMILES string of the molecule is COc1ccc([C@H]2[C@@H]3CN(C(=O)c4ccc(-n5ccnc5)cc4)C[C@@H]3CN2C)cc1. The van der Waals surface area contributed by atoms with Gasteiger partial charge in [-0.2, -0.15) is 0 Å². The molecule has 0 radical (unpaired) electrons. The molecule has 2 fully saturated rings. The first-order valence-electron chi connectivity index (χ1n) is 10.4. The smallest absolute Gasteiger partial charge is 0.253 e. The van der Waals surface area contributed by atoms with Crippen molar-refractivity contribution in [3.8, 4) is 11.4 Å². The summed E-state index contributed by atoms with van der Waals surface area (Å²) >= 11 is 0. The predicted octanol–water partition coefficient (Wildman–Crippen LogP) is 3.26. The summed E-state index contributed by atoms with van der Waals surface area (Å²) in [4.78, 5) is 21.7. The first-order chi connectivity index (χ1) is 14.6. The van der Waals surface area contributed by atoms with E-state index in [9.17, 15) is 4.79 Å². The van der Waals surface area contributed by atoms with Gasteiger partial charge in [-0.3, -0.25) is 9.69 Å². The van der Waals surface area contributed by atoms with Gasteiger partial charge in [0.1, 0.15) is 5.75 Å². The minimum atomic E-state index is 0.123. The number of likely N-dealkylation sites (tertiary alicyclic amines) is 2. The molecular formula is C24H26N4O2. The number of hydrogen-bond acceptors (Lipinski definition) is 4. The minimum absolute atomic E-state index is 0.123. The fourth-order valence-corrected chi connectivity index (χ4v) is 5.10. The summed E-state index contributed by atoms with van der Waals surface area (Å²) in [6.07, 6.45) is 5.40. The van der Waals surface area contributed by atoms with Crippen LogP contribution in [0.15, 0.2) is 67.3 Å². The standard InChI is InChI=1S/C24H26N4O2/c1-26-13-19-14-28(15-22(19)23(26)17-5-9-21(30-2)10-6-17)24(29)18-3-7-20(8-4-18)27-12-11-25-16-27/h3-12,16,19,22-23H,13-15H2,1-2H3/t19-,22+,23-/m0/s1. The lowest BCUT2D eigenvalue weighted by Crippen LogP contribution is -2.33. The second-order valence-electron chi connectivity index (χ2n) is 8.31. The van der Waals surface area contributed by atoms with Crippen LogP contribution in [0, 0.1) is 11.8 Å². The summed E-state index contributed by atoms with van der Waals surface area (Å²) in [5.74, 6) is 1.96. The molecule has 6 nitrogen and oxygen atoms in total. The lowest BCUT2D eigenvalue weighted by atomic mass is 9.89. The Kier molecular flexibility index (Phi) is 4.79. The van der Waals surface area contributed by atoms with Crippen LogP contribution in [0.5, 0.6) is 5.75 Å². The van der Waals surface area contributed by atoms with Crippen molar-refractivity contribution in [3.63, 3.8) is 0 Å². The number of ether oxygens (including phenoxy) is 1. The van der Waals surface area contributed by atoms with E-state index in [1.165, 1.54) is 5.56 Å². The third-order valence-corrected chi connectivity index (χ3v) is 6.56. The Hall–Kier alpha value is -3.12. The molecule has 3 aromatic rings. The molecule has 154 valence electrons. The third-order valence-electron chi connectivity index (χ3n) is 6.56. The van der Waals surface area contributed by atoms with Crippen LogP contribution in [0.2, 0.25) is 0 Å². The average Bonchev–Trinajstić information content (AvgIpc) is 3.50. The van der Waals surface area contributed by atoms with Crippen molar-refractivity contribution in [1.29, 1.82) is 0 Å². The van der Waals surface area contributed by atoms with E-state index < -0.39 is 0 Å². The van der Waals surface area contributed by atoms with Gasteiger partial charge in [0.2, 0.25) is 0 Å². The van der Waals surface area contributed by atoms with Gasteiger partial charge in [0.05, 0.1) is 13.4 Å². The fraction of sp³-hybridized carbons (Fsp3) is 0.333. The molecule has 3 heterocycles. The van der Waals surface area contributed by atoms with Crippen LogP contribution in [0.1, 0.15) is 22.0 Å². The molecule has 0 unspecified atom stereocenters. The summed E-state index contributed by atoms with van der Waals surface area (Å²) in [6.45, 7) is 2.64. The largest absolute Gasteiger partial charge is 0.497 e. The highest BCUT2D eigenvalue weighted by atomic mass is 16.5. The molecule has 6 heteroatoms. The molecule has 0 spiro atoms. The van der Waals surface area contributed by atoms with Crippen molar-refractivity contribution in [2.75, 3.05) is 33.8 Å². The molecule has 5 rings (SSSR count). The molecule has 30 heavy (non-hydrogen) atoms. The van der Waals surface area contributed by atoms with E-state index in [4.69, 9.17) is 4.74 Å². The molecule has 2 saturated heterocycles. The van der Waals surface area contributed by atoms with E-state index in [1.54, 1.807) is 19.6 Å². The molecule has 2 aromatic carbocycles. The molecule has 0 N–H and O–H groups in total. The number of benzene rings is 2. The van der Waals surface area contributed by atoms with E-state index in [-0.39, 0.29) is 5.91 Å². The first-order valence-corrected chi connectivity index (χ1v) is 10.4. The summed E-state index contributed by atoms with van der Waals surface area (Å²) in [6, 6.07) is 16.5. The Balaban J connectivity index is 1.31. The third kappa shape index (κ3) is 3.27. The van der Waals surface area contributed by atoms with Gasteiger partial charge in [0.25, 0.3) is 5.91 Å². The topological polar surface area (TPSA) is 50.6 Å². The molecule has 2 aliphatic heterocycles. The average molecular weight is 402 g/mol. The number of imidazole rings is 1. The monoisotopic (exact) mass is 402 g/mol. The molecule has 0 aliphatic carbocycles. The number of hydrogen-bond donors (Lipinski definition) is 0. The number of amides is 1. The van der Waals surface area contributed by atoms with Gasteiger partial charge < -0.3 is 14.2 Å². The Bertz CT molecular complexity index is 1010. The van der Waals surface area contributed by atoms with Crippen molar-refractivity contribution in [1.82, 2.24) is 19.4 Å². The molecule has 2 aliphatic rings. The van der Waals surface area contributed by atoms with Crippen LogP contribution in [-0.4, -0.2) is 59.0 Å². The van der Waals surface area contributed by atoms with Crippen molar-refractivity contribution >= 4 is 5.91 Å². The van der Waals surface area contributed by atoms with Gasteiger partial charge in [0.15, 0.2) is 0 Å². The minimum Gasteiger partial charge on any atom is -0.497 e. The van der Waals surface area contributed by atoms with Crippen LogP contribution in [0.4, 0.5) is 0 Å². The molecule has 0 bridgehead atoms. The van der Waals surface area contributed by atoms with Crippen LogP contribution >= 0.6 is 0 Å². The maximum atomic E-state index is 13.2. The van der Waals surface area contributed by atoms with Crippen LogP contribution in [0.25, 0.3) is 5.69 Å². The second-order valence-corrected chi connectivity index (χ2v) is 8.31. The molecular weight excluding hydrogens is 376 g/mol. The van der Waals surface area contributed by atoms with Crippen molar-refractivity contribution in [2.24, 2.45) is 11.8 Å². The maximum Gasteiger partial charge on any atom is 0.253 e. The Morgan fingerprint density at radius 2 is 1.80 bits per heavy atom. The van der Waals surface area contributed by atoms with Gasteiger partial charge >= 0.3 is 0 Å². The summed E-state index contributed by atoms with van der Waals surface area (Å²) in [5, 5.41) is 0. The molecule has 0 saturated carbocycles. The van der Waals surface area contributed by atoms with Gasteiger partial charge in [0, 0.05) is 55.2 Å². The Labute approximate surface area is 176 Å². The summed E-state index contributed by atoms with van der Waals surface area (Å²) < 4.78 is 7.24. The number of fused-ring (bicyclic) bond motifs is 1. The molecule has 1 aromatic heterocycles.